The van der Waals surface area contributed by atoms with Crippen LogP contribution in [0.25, 0.3) is 0 Å². The van der Waals surface area contributed by atoms with Crippen LogP contribution < -0.4 is 0 Å². The third-order valence-corrected chi connectivity index (χ3v) is 2.91. The van der Waals surface area contributed by atoms with E-state index in [0.717, 1.165) is 0 Å². The summed E-state index contributed by atoms with van der Waals surface area (Å²) in [5.74, 6) is 0. The Bertz CT molecular complexity index is 136. The third-order valence-electron chi connectivity index (χ3n) is 0.586. The van der Waals surface area contributed by atoms with Crippen molar-refractivity contribution in [3.05, 3.63) is 12.7 Å². The molecule has 0 spiro atoms. The smallest absolute Gasteiger partial charge is 0.342 e. The van der Waals surface area contributed by atoms with Gasteiger partial charge in [-0.1, -0.05) is 6.08 Å². The fourth-order valence-corrected chi connectivity index (χ4v) is 0.915. The molecule has 1 N–H and O–H groups in total. The van der Waals surface area contributed by atoms with E-state index in [1.165, 1.54) is 6.08 Å². The molecule has 0 amide bonds. The average molecular weight is 168 g/mol. The molecule has 0 aliphatic carbocycles. The Hall–Kier alpha value is 0.0669. The van der Waals surface area contributed by atoms with Gasteiger partial charge in [0.05, 0.1) is 6.61 Å². The Labute approximate surface area is 56.6 Å². The van der Waals surface area contributed by atoms with Crippen molar-refractivity contribution in [1.82, 2.24) is 0 Å². The molecule has 0 saturated heterocycles. The quantitative estimate of drug-likeness (QED) is 0.352. The average Bonchev–Trinajstić information content (AvgIpc) is 1.84. The van der Waals surface area contributed by atoms with Gasteiger partial charge in [-0.05, 0) is 0 Å². The highest BCUT2D eigenvalue weighted by Gasteiger charge is 2.15. The molecule has 0 aromatic rings. The van der Waals surface area contributed by atoms with Gasteiger partial charge in [0.1, 0.15) is 0 Å². The van der Waals surface area contributed by atoms with Crippen LogP contribution in [0.2, 0.25) is 0 Å². The summed E-state index contributed by atoms with van der Waals surface area (Å²) in [5.41, 5.74) is 0. The standard InChI is InChI=1S/C3H9O4PSi/c1-2-3-6-8(4,5)7-9/h2H,1,3H2,9H3,(H,4,5). The van der Waals surface area contributed by atoms with Crippen LogP contribution in [0.3, 0.4) is 0 Å². The van der Waals surface area contributed by atoms with Crippen molar-refractivity contribution in [2.75, 3.05) is 6.61 Å². The van der Waals surface area contributed by atoms with E-state index in [2.05, 4.69) is 15.3 Å². The summed E-state index contributed by atoms with van der Waals surface area (Å²) in [5, 5.41) is 0. The molecule has 0 bridgehead atoms. The number of hydrogen-bond donors (Lipinski definition) is 1. The van der Waals surface area contributed by atoms with E-state index in [0.29, 0.717) is 0 Å². The Morgan fingerprint density at radius 1 is 1.89 bits per heavy atom. The molecular formula is C3H9O4PSi. The third kappa shape index (κ3) is 4.56. The molecule has 6 heteroatoms. The van der Waals surface area contributed by atoms with E-state index in [4.69, 9.17) is 4.89 Å². The predicted molar refractivity (Wildman–Crippen MR) is 37.0 cm³/mol. The highest BCUT2D eigenvalue weighted by molar-refractivity contribution is 7.48. The zero-order valence-electron chi connectivity index (χ0n) is 5.11. The second-order valence-electron chi connectivity index (χ2n) is 1.24. The number of hydrogen-bond acceptors (Lipinski definition) is 3. The lowest BCUT2D eigenvalue weighted by Crippen LogP contribution is -1.91. The monoisotopic (exact) mass is 168 g/mol. The largest absolute Gasteiger partial charge is 0.461 e. The number of rotatable bonds is 4. The second-order valence-corrected chi connectivity index (χ2v) is 3.89. The lowest BCUT2D eigenvalue weighted by molar-refractivity contribution is 0.228. The van der Waals surface area contributed by atoms with Crippen LogP contribution in [-0.4, -0.2) is 22.0 Å². The van der Waals surface area contributed by atoms with Gasteiger partial charge in [-0.3, -0.25) is 4.52 Å². The summed E-state index contributed by atoms with van der Waals surface area (Å²) in [7, 11) is -3.51. The van der Waals surface area contributed by atoms with E-state index in [1.807, 2.05) is 0 Å². The van der Waals surface area contributed by atoms with E-state index in [9.17, 15) is 4.57 Å². The van der Waals surface area contributed by atoms with Crippen molar-refractivity contribution in [2.45, 2.75) is 0 Å². The van der Waals surface area contributed by atoms with Crippen molar-refractivity contribution in [3.8, 4) is 0 Å². The molecule has 0 aromatic heterocycles. The number of phosphoric ester groups is 1. The topological polar surface area (TPSA) is 55.8 Å². The number of phosphoric acid groups is 1. The van der Waals surface area contributed by atoms with Crippen molar-refractivity contribution in [3.63, 3.8) is 0 Å². The fraction of sp³-hybridized carbons (Fsp3) is 0.333. The molecule has 0 saturated carbocycles. The molecule has 0 heterocycles. The highest BCUT2D eigenvalue weighted by Crippen LogP contribution is 2.41. The van der Waals surface area contributed by atoms with Crippen LogP contribution >= 0.6 is 7.82 Å². The van der Waals surface area contributed by atoms with Crippen LogP contribution in [0.1, 0.15) is 0 Å². The van der Waals surface area contributed by atoms with E-state index < -0.39 is 7.82 Å². The van der Waals surface area contributed by atoms with E-state index >= 15 is 0 Å². The maximum Gasteiger partial charge on any atom is 0.461 e. The van der Waals surface area contributed by atoms with Crippen LogP contribution in [0.4, 0.5) is 0 Å². The highest BCUT2D eigenvalue weighted by atomic mass is 31.2. The fourth-order valence-electron chi connectivity index (χ4n) is 0.200. The van der Waals surface area contributed by atoms with E-state index in [-0.39, 0.29) is 17.1 Å². The van der Waals surface area contributed by atoms with Crippen LogP contribution in [0, 0.1) is 0 Å². The molecule has 0 radical (unpaired) electrons. The van der Waals surface area contributed by atoms with Gasteiger partial charge in [0.25, 0.3) is 0 Å². The van der Waals surface area contributed by atoms with Crippen molar-refractivity contribution < 1.29 is 18.2 Å². The summed E-state index contributed by atoms with van der Waals surface area (Å²) in [6.07, 6.45) is 1.38. The summed E-state index contributed by atoms with van der Waals surface area (Å²) < 4.78 is 19.0. The molecule has 54 valence electrons. The summed E-state index contributed by atoms with van der Waals surface area (Å²) in [6, 6.07) is 0. The molecule has 0 rings (SSSR count). The Balaban J connectivity index is 3.58. The van der Waals surface area contributed by atoms with Crippen LogP contribution in [0.15, 0.2) is 12.7 Å². The van der Waals surface area contributed by atoms with E-state index in [1.54, 1.807) is 0 Å². The lowest BCUT2D eigenvalue weighted by atomic mass is 10.7. The first-order valence-corrected chi connectivity index (χ1v) is 4.57. The minimum atomic E-state index is -3.70. The van der Waals surface area contributed by atoms with Gasteiger partial charge in [0, 0.05) is 0 Å². The molecular weight excluding hydrogens is 159 g/mol. The Morgan fingerprint density at radius 2 is 2.44 bits per heavy atom. The molecule has 1 atom stereocenters. The lowest BCUT2D eigenvalue weighted by Gasteiger charge is -2.06. The first-order valence-electron chi connectivity index (χ1n) is 2.26. The van der Waals surface area contributed by atoms with Gasteiger partial charge in [-0.2, -0.15) is 0 Å². The minimum Gasteiger partial charge on any atom is -0.342 e. The van der Waals surface area contributed by atoms with Gasteiger partial charge in [-0.15, -0.1) is 6.58 Å². The maximum absolute atomic E-state index is 10.4. The van der Waals surface area contributed by atoms with Crippen molar-refractivity contribution in [2.24, 2.45) is 0 Å². The normalized spacial score (nSPS) is 17.0. The molecule has 0 aliphatic rings. The first-order chi connectivity index (χ1) is 4.12. The molecule has 0 aromatic carbocycles. The van der Waals surface area contributed by atoms with Gasteiger partial charge in [-0.25, -0.2) is 4.57 Å². The van der Waals surface area contributed by atoms with Crippen LogP contribution in [0.5, 0.6) is 0 Å². The summed E-state index contributed by atoms with van der Waals surface area (Å²) in [6.45, 7) is 3.33. The molecule has 4 nitrogen and oxygen atoms in total. The minimum absolute atomic E-state index is 0.0377. The molecule has 1 unspecified atom stereocenters. The Morgan fingerprint density at radius 3 is 2.78 bits per heavy atom. The first kappa shape index (κ1) is 9.07. The predicted octanol–water partition coefficient (Wildman–Crippen LogP) is -0.414. The SMILES string of the molecule is C=CCOP(=O)(O)O[SiH3]. The van der Waals surface area contributed by atoms with Crippen molar-refractivity contribution in [1.29, 1.82) is 0 Å². The van der Waals surface area contributed by atoms with Gasteiger partial charge in [0.2, 0.25) is 0 Å². The summed E-state index contributed by atoms with van der Waals surface area (Å²) >= 11 is 0. The zero-order chi connectivity index (χ0) is 7.33. The maximum atomic E-state index is 10.4. The van der Waals surface area contributed by atoms with Gasteiger partial charge >= 0.3 is 7.82 Å². The molecule has 9 heavy (non-hydrogen) atoms. The summed E-state index contributed by atoms with van der Waals surface area (Å²) in [4.78, 5) is 8.55. The zero-order valence-corrected chi connectivity index (χ0v) is 8.01. The van der Waals surface area contributed by atoms with Gasteiger partial charge < -0.3 is 9.11 Å². The van der Waals surface area contributed by atoms with Crippen LogP contribution in [-0.2, 0) is 13.3 Å². The van der Waals surface area contributed by atoms with Gasteiger partial charge in [0.15, 0.2) is 10.5 Å². The Kier molecular flexibility index (Phi) is 4.00. The van der Waals surface area contributed by atoms with Crippen molar-refractivity contribution >= 4 is 18.3 Å². The molecule has 0 aliphatic heterocycles. The molecule has 0 fully saturated rings. The second kappa shape index (κ2) is 3.98.